The number of halogens is 1. The molecule has 0 bridgehead atoms. The number of rotatable bonds is 7. The summed E-state index contributed by atoms with van der Waals surface area (Å²) in [5.41, 5.74) is 2.28. The Morgan fingerprint density at radius 2 is 1.64 bits per heavy atom. The molecule has 9 heteroatoms. The van der Waals surface area contributed by atoms with E-state index in [-0.39, 0.29) is 25.1 Å². The van der Waals surface area contributed by atoms with Gasteiger partial charge in [0.05, 0.1) is 17.7 Å². The number of anilines is 1. The second-order valence-electron chi connectivity index (χ2n) is 7.19. The lowest BCUT2D eigenvalue weighted by molar-refractivity contribution is -0.116. The SMILES string of the molecule is CCOC(=O)c1c(-c2ccc(Cl)cc2)csc1NC(=O)CCN1C(=O)c2ccccc2C1=O. The topological polar surface area (TPSA) is 92.8 Å². The number of nitrogens with one attached hydrogen (secondary N) is 1. The van der Waals surface area contributed by atoms with Crippen LogP contribution in [0.25, 0.3) is 11.1 Å². The van der Waals surface area contributed by atoms with E-state index < -0.39 is 23.7 Å². The van der Waals surface area contributed by atoms with E-state index in [1.165, 1.54) is 11.3 Å². The smallest absolute Gasteiger partial charge is 0.341 e. The highest BCUT2D eigenvalue weighted by atomic mass is 35.5. The summed E-state index contributed by atoms with van der Waals surface area (Å²) < 4.78 is 5.19. The molecule has 0 aliphatic carbocycles. The number of nitrogens with zero attached hydrogens (tertiary/aromatic N) is 1. The minimum Gasteiger partial charge on any atom is -0.462 e. The molecule has 33 heavy (non-hydrogen) atoms. The summed E-state index contributed by atoms with van der Waals surface area (Å²) in [6, 6.07) is 13.5. The van der Waals surface area contributed by atoms with Gasteiger partial charge in [0.25, 0.3) is 11.8 Å². The molecule has 1 aliphatic heterocycles. The second-order valence-corrected chi connectivity index (χ2v) is 8.50. The summed E-state index contributed by atoms with van der Waals surface area (Å²) >= 11 is 7.16. The van der Waals surface area contributed by atoms with Gasteiger partial charge < -0.3 is 10.1 Å². The minimum atomic E-state index is -0.556. The van der Waals surface area contributed by atoms with Crippen LogP contribution < -0.4 is 5.32 Å². The molecule has 0 unspecified atom stereocenters. The highest BCUT2D eigenvalue weighted by Gasteiger charge is 2.35. The van der Waals surface area contributed by atoms with E-state index in [9.17, 15) is 19.2 Å². The fraction of sp³-hybridized carbons (Fsp3) is 0.167. The third kappa shape index (κ3) is 4.53. The normalized spacial score (nSPS) is 12.6. The lowest BCUT2D eigenvalue weighted by atomic mass is 10.0. The number of benzene rings is 2. The average Bonchev–Trinajstić information content (AvgIpc) is 3.32. The Bertz CT molecular complexity index is 1220. The van der Waals surface area contributed by atoms with E-state index in [0.29, 0.717) is 26.7 Å². The molecule has 168 valence electrons. The van der Waals surface area contributed by atoms with Crippen LogP contribution in [0.5, 0.6) is 0 Å². The molecular weight excluding hydrogens is 464 g/mol. The van der Waals surface area contributed by atoms with Crippen molar-refractivity contribution in [2.45, 2.75) is 13.3 Å². The minimum absolute atomic E-state index is 0.0671. The van der Waals surface area contributed by atoms with Crippen LogP contribution in [-0.2, 0) is 9.53 Å². The number of hydrogen-bond donors (Lipinski definition) is 1. The number of imide groups is 1. The van der Waals surface area contributed by atoms with Crippen LogP contribution in [0.2, 0.25) is 5.02 Å². The van der Waals surface area contributed by atoms with Gasteiger partial charge in [0.1, 0.15) is 10.6 Å². The summed E-state index contributed by atoms with van der Waals surface area (Å²) in [5, 5.41) is 5.39. The van der Waals surface area contributed by atoms with E-state index in [1.807, 2.05) is 0 Å². The van der Waals surface area contributed by atoms with Crippen LogP contribution >= 0.6 is 22.9 Å². The maximum absolute atomic E-state index is 12.7. The van der Waals surface area contributed by atoms with Crippen molar-refractivity contribution in [2.75, 3.05) is 18.5 Å². The number of amides is 3. The van der Waals surface area contributed by atoms with Crippen molar-refractivity contribution in [3.05, 3.63) is 75.6 Å². The standard InChI is InChI=1S/C24H19ClN2O5S/c1-2-32-24(31)20-18(14-7-9-15(25)10-8-14)13-33-21(20)26-19(28)11-12-27-22(29)16-5-3-4-6-17(16)23(27)30/h3-10,13H,2,11-12H2,1H3,(H,26,28). The summed E-state index contributed by atoms with van der Waals surface area (Å²) in [6.07, 6.45) is -0.109. The van der Waals surface area contributed by atoms with Crippen molar-refractivity contribution in [2.24, 2.45) is 0 Å². The van der Waals surface area contributed by atoms with Crippen LogP contribution in [0.4, 0.5) is 5.00 Å². The van der Waals surface area contributed by atoms with Crippen molar-refractivity contribution in [3.63, 3.8) is 0 Å². The van der Waals surface area contributed by atoms with Crippen molar-refractivity contribution in [1.29, 1.82) is 0 Å². The predicted molar refractivity (Wildman–Crippen MR) is 126 cm³/mol. The van der Waals surface area contributed by atoms with Gasteiger partial charge in [-0.3, -0.25) is 19.3 Å². The fourth-order valence-electron chi connectivity index (χ4n) is 3.54. The maximum atomic E-state index is 12.7. The molecule has 7 nitrogen and oxygen atoms in total. The van der Waals surface area contributed by atoms with E-state index in [2.05, 4.69) is 5.32 Å². The molecule has 0 saturated carbocycles. The zero-order valence-corrected chi connectivity index (χ0v) is 19.2. The molecule has 0 fully saturated rings. The average molecular weight is 483 g/mol. The quantitative estimate of drug-likeness (QED) is 0.383. The number of carbonyl (C=O) groups excluding carboxylic acids is 4. The van der Waals surface area contributed by atoms with Crippen molar-refractivity contribution < 1.29 is 23.9 Å². The molecule has 1 aromatic heterocycles. The van der Waals surface area contributed by atoms with E-state index in [4.69, 9.17) is 16.3 Å². The summed E-state index contributed by atoms with van der Waals surface area (Å²) in [6.45, 7) is 1.82. The molecule has 1 aliphatic rings. The van der Waals surface area contributed by atoms with Gasteiger partial charge in [-0.05, 0) is 36.8 Å². The first-order chi connectivity index (χ1) is 15.9. The molecule has 4 rings (SSSR count). The van der Waals surface area contributed by atoms with Crippen LogP contribution in [0.15, 0.2) is 53.9 Å². The molecule has 0 spiro atoms. The Kier molecular flexibility index (Phi) is 6.57. The zero-order chi connectivity index (χ0) is 23.5. The molecule has 2 heterocycles. The Balaban J connectivity index is 1.50. The Labute approximate surface area is 198 Å². The van der Waals surface area contributed by atoms with Crippen LogP contribution in [0.3, 0.4) is 0 Å². The number of thiophene rings is 1. The first kappa shape index (κ1) is 22.7. The number of hydrogen-bond acceptors (Lipinski definition) is 6. The number of fused-ring (bicyclic) bond motifs is 1. The molecule has 0 atom stereocenters. The van der Waals surface area contributed by atoms with Crippen LogP contribution in [0, 0.1) is 0 Å². The van der Waals surface area contributed by atoms with Crippen LogP contribution in [-0.4, -0.2) is 41.7 Å². The molecular formula is C24H19ClN2O5S. The third-order valence-corrected chi connectivity index (χ3v) is 6.27. The molecule has 2 aromatic carbocycles. The van der Waals surface area contributed by atoms with Gasteiger partial charge in [-0.1, -0.05) is 35.9 Å². The van der Waals surface area contributed by atoms with E-state index in [1.54, 1.807) is 60.8 Å². The van der Waals surface area contributed by atoms with E-state index >= 15 is 0 Å². The lowest BCUT2D eigenvalue weighted by Crippen LogP contribution is -2.32. The predicted octanol–water partition coefficient (Wildman–Crippen LogP) is 4.87. The summed E-state index contributed by atoms with van der Waals surface area (Å²) in [4.78, 5) is 51.3. The van der Waals surface area contributed by atoms with Gasteiger partial charge in [-0.2, -0.15) is 0 Å². The number of ether oxygens (including phenoxy) is 1. The van der Waals surface area contributed by atoms with Crippen molar-refractivity contribution in [3.8, 4) is 11.1 Å². The molecule has 3 amide bonds. The number of esters is 1. The monoisotopic (exact) mass is 482 g/mol. The zero-order valence-electron chi connectivity index (χ0n) is 17.6. The lowest BCUT2D eigenvalue weighted by Gasteiger charge is -2.13. The largest absolute Gasteiger partial charge is 0.462 e. The maximum Gasteiger partial charge on any atom is 0.341 e. The van der Waals surface area contributed by atoms with Crippen molar-refractivity contribution >= 4 is 51.6 Å². The Morgan fingerprint density at radius 3 is 2.24 bits per heavy atom. The van der Waals surface area contributed by atoms with Gasteiger partial charge in [-0.25, -0.2) is 4.79 Å². The Morgan fingerprint density at radius 1 is 1.00 bits per heavy atom. The first-order valence-corrected chi connectivity index (χ1v) is 11.5. The van der Waals surface area contributed by atoms with Gasteiger partial charge in [-0.15, -0.1) is 11.3 Å². The highest BCUT2D eigenvalue weighted by Crippen LogP contribution is 2.36. The van der Waals surface area contributed by atoms with Gasteiger partial charge >= 0.3 is 5.97 Å². The molecule has 0 radical (unpaired) electrons. The second kappa shape index (κ2) is 9.56. The molecule has 0 saturated heterocycles. The summed E-state index contributed by atoms with van der Waals surface area (Å²) in [7, 11) is 0. The third-order valence-electron chi connectivity index (χ3n) is 5.12. The van der Waals surface area contributed by atoms with Gasteiger partial charge in [0.15, 0.2) is 0 Å². The fourth-order valence-corrected chi connectivity index (χ4v) is 4.64. The molecule has 1 N–H and O–H groups in total. The van der Waals surface area contributed by atoms with Crippen molar-refractivity contribution in [1.82, 2.24) is 4.90 Å². The van der Waals surface area contributed by atoms with Gasteiger partial charge in [0, 0.05) is 28.9 Å². The van der Waals surface area contributed by atoms with Crippen LogP contribution in [0.1, 0.15) is 44.4 Å². The Hall–Kier alpha value is -3.49. The molecule has 3 aromatic rings. The summed E-state index contributed by atoms with van der Waals surface area (Å²) in [5.74, 6) is -1.82. The number of carbonyl (C=O) groups is 4. The first-order valence-electron chi connectivity index (χ1n) is 10.2. The van der Waals surface area contributed by atoms with Gasteiger partial charge in [0.2, 0.25) is 5.91 Å². The van der Waals surface area contributed by atoms with E-state index in [0.717, 1.165) is 10.5 Å². The highest BCUT2D eigenvalue weighted by molar-refractivity contribution is 7.15.